The van der Waals surface area contributed by atoms with Crippen LogP contribution in [0.4, 0.5) is 5.69 Å². The molecule has 0 fully saturated rings. The number of nitrogens with zero attached hydrogens (tertiary/aromatic N) is 2. The maximum atomic E-state index is 12.4. The molecule has 0 spiro atoms. The molecule has 0 saturated heterocycles. The van der Waals surface area contributed by atoms with Crippen LogP contribution >= 0.6 is 0 Å². The van der Waals surface area contributed by atoms with E-state index in [2.05, 4.69) is 38.9 Å². The molecule has 0 saturated carbocycles. The quantitative estimate of drug-likeness (QED) is 0.676. The summed E-state index contributed by atoms with van der Waals surface area (Å²) in [6.45, 7) is 0. The van der Waals surface area contributed by atoms with Crippen molar-refractivity contribution in [1.82, 2.24) is 4.98 Å². The maximum Gasteiger partial charge on any atom is 0.289 e. The number of carbonyl (C=O) groups excluding carboxylic acids is 2. The van der Waals surface area contributed by atoms with E-state index >= 15 is 0 Å². The zero-order chi connectivity index (χ0) is 20.6. The molecule has 0 radical (unpaired) electrons. The van der Waals surface area contributed by atoms with Crippen LogP contribution in [-0.2, 0) is 12.4 Å². The predicted molar refractivity (Wildman–Crippen MR) is 112 cm³/mol. The normalized spacial score (nSPS) is 9.69. The summed E-state index contributed by atoms with van der Waals surface area (Å²) >= 11 is 4.41. The van der Waals surface area contributed by atoms with E-state index in [1.165, 1.54) is 6.20 Å². The Labute approximate surface area is 173 Å². The highest BCUT2D eigenvalue weighted by atomic mass is 32.1. The summed E-state index contributed by atoms with van der Waals surface area (Å²) in [7, 11) is 1.55. The number of rotatable bonds is 4. The van der Waals surface area contributed by atoms with Gasteiger partial charge in [0.2, 0.25) is 0 Å². The molecule has 29 heavy (non-hydrogen) atoms. The van der Waals surface area contributed by atoms with Crippen LogP contribution in [0.25, 0.3) is 0 Å². The lowest BCUT2D eigenvalue weighted by Crippen LogP contribution is -2.11. The first-order chi connectivity index (χ1) is 14.1. The summed E-state index contributed by atoms with van der Waals surface area (Å²) in [5.74, 6) is 5.75. The number of hydrogen-bond acceptors (Lipinski definition) is 5. The van der Waals surface area contributed by atoms with Gasteiger partial charge in [-0.1, -0.05) is 24.0 Å². The third-order valence-electron chi connectivity index (χ3n) is 3.87. The largest absolute Gasteiger partial charge is 0.497 e. The molecular formula is C22H15N3O3S. The minimum absolute atomic E-state index is 0.253. The van der Waals surface area contributed by atoms with Crippen LogP contribution in [0.3, 0.4) is 0 Å². The molecule has 6 nitrogen and oxygen atoms in total. The second-order valence-corrected chi connectivity index (χ2v) is 6.06. The Bertz CT molecular complexity index is 1150. The topological polar surface area (TPSA) is 80.6 Å². The van der Waals surface area contributed by atoms with Crippen LogP contribution in [0.5, 0.6) is 5.75 Å². The maximum absolute atomic E-state index is 12.4. The monoisotopic (exact) mass is 401 g/mol. The van der Waals surface area contributed by atoms with Crippen molar-refractivity contribution in [3.8, 4) is 17.6 Å². The number of anilines is 1. The van der Waals surface area contributed by atoms with Gasteiger partial charge in [0.1, 0.15) is 5.75 Å². The fourth-order valence-corrected chi connectivity index (χ4v) is 2.57. The van der Waals surface area contributed by atoms with Gasteiger partial charge in [-0.3, -0.25) is 14.6 Å². The minimum atomic E-state index is -0.529. The average Bonchev–Trinajstić information content (AvgIpc) is 2.77. The zero-order valence-electron chi connectivity index (χ0n) is 15.4. The Hall–Kier alpha value is -3.89. The van der Waals surface area contributed by atoms with Crippen molar-refractivity contribution < 1.29 is 14.3 Å². The van der Waals surface area contributed by atoms with E-state index in [9.17, 15) is 9.59 Å². The van der Waals surface area contributed by atoms with Crippen LogP contribution in [-0.4, -0.2) is 23.9 Å². The summed E-state index contributed by atoms with van der Waals surface area (Å²) in [5.41, 5.74) is 2.63. The molecule has 0 aliphatic heterocycles. The van der Waals surface area contributed by atoms with Gasteiger partial charge in [0, 0.05) is 47.2 Å². The molecule has 7 heteroatoms. The van der Waals surface area contributed by atoms with Gasteiger partial charge in [-0.05, 0) is 42.5 Å². The molecule has 142 valence electrons. The van der Waals surface area contributed by atoms with Gasteiger partial charge in [0.05, 0.1) is 12.7 Å². The average molecular weight is 401 g/mol. The lowest BCUT2D eigenvalue weighted by Gasteiger charge is -2.07. The number of aromatic nitrogens is 1. The number of benzene rings is 2. The van der Waals surface area contributed by atoms with E-state index < -0.39 is 5.91 Å². The minimum Gasteiger partial charge on any atom is -0.497 e. The lowest BCUT2D eigenvalue weighted by molar-refractivity contribution is 0.100. The number of ether oxygens (including phenoxy) is 1. The number of nitrogens with one attached hydrogen (secondary N) is 1. The number of hydrogen-bond donors (Lipinski definition) is 1. The molecule has 1 heterocycles. The third kappa shape index (κ3) is 5.31. The second kappa shape index (κ2) is 9.35. The summed E-state index contributed by atoms with van der Waals surface area (Å²) < 4.78 is 8.34. The first-order valence-electron chi connectivity index (χ1n) is 8.49. The van der Waals surface area contributed by atoms with Crippen molar-refractivity contribution in [2.45, 2.75) is 0 Å². The molecule has 3 rings (SSSR count). The number of carbonyl (C=O) groups is 2. The highest BCUT2D eigenvalue weighted by Crippen LogP contribution is 2.16. The van der Waals surface area contributed by atoms with E-state index in [1.807, 2.05) is 6.07 Å². The SMILES string of the molecule is COc1cccc(C(=O)Nc2cccc(C#Cc3cncc(C(=O)N=S)c3)c2)c1. The van der Waals surface area contributed by atoms with Gasteiger partial charge in [-0.2, -0.15) is 0 Å². The van der Waals surface area contributed by atoms with E-state index in [4.69, 9.17) is 4.74 Å². The number of methoxy groups -OCH3 is 1. The first kappa shape index (κ1) is 19.9. The Morgan fingerprint density at radius 3 is 2.59 bits per heavy atom. The molecule has 0 bridgehead atoms. The molecule has 3 aromatic rings. The fraction of sp³-hybridized carbons (Fsp3) is 0.0455. The van der Waals surface area contributed by atoms with Gasteiger partial charge in [0.25, 0.3) is 11.8 Å². The van der Waals surface area contributed by atoms with Gasteiger partial charge in [-0.15, -0.1) is 4.36 Å². The van der Waals surface area contributed by atoms with Gasteiger partial charge in [0.15, 0.2) is 0 Å². The first-order valence-corrected chi connectivity index (χ1v) is 8.86. The third-order valence-corrected chi connectivity index (χ3v) is 4.04. The van der Waals surface area contributed by atoms with E-state index in [0.717, 1.165) is 0 Å². The van der Waals surface area contributed by atoms with E-state index in [0.29, 0.717) is 28.1 Å². The lowest BCUT2D eigenvalue weighted by atomic mass is 10.1. The molecule has 1 aromatic heterocycles. The summed E-state index contributed by atoms with van der Waals surface area (Å²) in [4.78, 5) is 28.0. The van der Waals surface area contributed by atoms with Crippen molar-refractivity contribution in [2.75, 3.05) is 12.4 Å². The van der Waals surface area contributed by atoms with Gasteiger partial charge < -0.3 is 10.1 Å². The Morgan fingerprint density at radius 2 is 1.79 bits per heavy atom. The Morgan fingerprint density at radius 1 is 1.00 bits per heavy atom. The predicted octanol–water partition coefficient (Wildman–Crippen LogP) is 3.61. The zero-order valence-corrected chi connectivity index (χ0v) is 16.2. The molecular weight excluding hydrogens is 386 g/mol. The highest BCUT2D eigenvalue weighted by molar-refractivity contribution is 7.47. The van der Waals surface area contributed by atoms with Gasteiger partial charge >= 0.3 is 0 Å². The van der Waals surface area contributed by atoms with Crippen molar-refractivity contribution in [3.05, 3.63) is 89.2 Å². The van der Waals surface area contributed by atoms with E-state index in [1.54, 1.807) is 61.8 Å². The molecule has 2 aromatic carbocycles. The van der Waals surface area contributed by atoms with Gasteiger partial charge in [-0.25, -0.2) is 0 Å². The smallest absolute Gasteiger partial charge is 0.289 e. The Kier molecular flexibility index (Phi) is 6.40. The van der Waals surface area contributed by atoms with Crippen molar-refractivity contribution >= 4 is 29.9 Å². The number of pyridine rings is 1. The van der Waals surface area contributed by atoms with Crippen molar-refractivity contribution in [2.24, 2.45) is 4.36 Å². The fourth-order valence-electron chi connectivity index (χ4n) is 2.46. The summed E-state index contributed by atoms with van der Waals surface area (Å²) in [6.07, 6.45) is 2.93. The van der Waals surface area contributed by atoms with Crippen LogP contribution in [0, 0.1) is 11.8 Å². The molecule has 0 aliphatic rings. The molecule has 2 amide bonds. The van der Waals surface area contributed by atoms with Crippen LogP contribution in [0.15, 0.2) is 71.4 Å². The second-order valence-electron chi connectivity index (χ2n) is 5.88. The Balaban J connectivity index is 1.77. The van der Waals surface area contributed by atoms with Crippen molar-refractivity contribution in [1.29, 1.82) is 0 Å². The van der Waals surface area contributed by atoms with Crippen LogP contribution in [0.2, 0.25) is 0 Å². The molecule has 0 unspecified atom stereocenters. The van der Waals surface area contributed by atoms with Crippen LogP contribution in [0.1, 0.15) is 31.8 Å². The summed E-state index contributed by atoms with van der Waals surface area (Å²) in [6, 6.07) is 15.6. The number of amides is 2. The standard InChI is InChI=1S/C22H15N3O3S/c1-28-20-7-3-5-17(12-20)21(26)24-19-6-2-4-15(11-19)8-9-16-10-18(14-23-13-16)22(27)25-29/h2-7,10-14H,1H3,(H,24,26). The van der Waals surface area contributed by atoms with Crippen molar-refractivity contribution in [3.63, 3.8) is 0 Å². The summed E-state index contributed by atoms with van der Waals surface area (Å²) in [5, 5.41) is 2.84. The van der Waals surface area contributed by atoms with E-state index in [-0.39, 0.29) is 11.5 Å². The molecule has 0 aliphatic carbocycles. The van der Waals surface area contributed by atoms with Crippen LogP contribution < -0.4 is 10.1 Å². The highest BCUT2D eigenvalue weighted by Gasteiger charge is 2.07. The molecule has 1 N–H and O–H groups in total. The molecule has 0 atom stereocenters.